The molecule has 10 heterocycles. The fraction of sp³-hybridized carbons (Fsp3) is 0.612. The van der Waals surface area contributed by atoms with Crippen molar-refractivity contribution < 1.29 is 42.2 Å². The number of rotatable bonds is 3. The highest BCUT2D eigenvalue weighted by Crippen LogP contribution is 2.61. The molecule has 1 spiro atoms. The van der Waals surface area contributed by atoms with Gasteiger partial charge in [-0.1, -0.05) is 26.8 Å². The Morgan fingerprint density at radius 1 is 1.06 bits per heavy atom. The van der Waals surface area contributed by atoms with Gasteiger partial charge in [0, 0.05) is 80.1 Å². The Hall–Kier alpha value is -4.29. The quantitative estimate of drug-likeness (QED) is 0.240. The second-order valence-corrected chi connectivity index (χ2v) is 21.8. The summed E-state index contributed by atoms with van der Waals surface area (Å²) in [5.41, 5.74) is 7.02. The lowest BCUT2D eigenvalue weighted by molar-refractivity contribution is -0.203. The molecule has 8 bridgehead atoms. The number of esters is 1. The number of carbonyl (C=O) groups excluding carboxylic acids is 3. The molecule has 0 radical (unpaired) electrons. The predicted octanol–water partition coefficient (Wildman–Crippen LogP) is 5.76. The normalized spacial score (nSPS) is 34.2. The van der Waals surface area contributed by atoms with Crippen LogP contribution in [0.5, 0.6) is 0 Å². The minimum atomic E-state index is -2.42. The molecule has 7 aliphatic heterocycles. The fourth-order valence-electron chi connectivity index (χ4n) is 11.5. The number of benzene rings is 1. The van der Waals surface area contributed by atoms with Crippen molar-refractivity contribution in [2.75, 3.05) is 52.7 Å². The van der Waals surface area contributed by atoms with Crippen LogP contribution in [-0.2, 0) is 51.0 Å². The van der Waals surface area contributed by atoms with E-state index >= 15 is 4.79 Å². The SMILES string of the molecule is [2H]C([2H])([2H])[C@@H]1OC2(C(=O)N[C@@H]3C(=O)N4CCC[C@H](N4)C(=O)OCC(C)(C)Cc4c5n(c6ccc(cc46)-c4csc(n4)[C@H]3N3CC4(COC4)C3)CCO[C@@H](C)CO[C@@H](C)c3ncccc3-5)CC1(C)C2. The van der Waals surface area contributed by atoms with Crippen molar-refractivity contribution in [1.82, 2.24) is 35.2 Å². The Bertz CT molecular complexity index is 2650. The molecule has 6 fully saturated rings. The van der Waals surface area contributed by atoms with Crippen molar-refractivity contribution in [2.24, 2.45) is 16.2 Å². The van der Waals surface area contributed by atoms with Crippen LogP contribution in [0.1, 0.15) is 99.7 Å². The van der Waals surface area contributed by atoms with Gasteiger partial charge in [0.1, 0.15) is 22.7 Å². The second-order valence-electron chi connectivity index (χ2n) is 20.9. The molecule has 2 N–H and O–H groups in total. The number of hydrogen-bond acceptors (Lipinski definition) is 13. The summed E-state index contributed by atoms with van der Waals surface area (Å²) in [6.07, 6.45) is 2.24. The van der Waals surface area contributed by atoms with Crippen molar-refractivity contribution in [1.29, 1.82) is 0 Å². The maximum atomic E-state index is 15.3. The van der Waals surface area contributed by atoms with E-state index in [1.807, 2.05) is 32.2 Å². The molecule has 8 aliphatic rings. The Morgan fingerprint density at radius 2 is 1.89 bits per heavy atom. The van der Waals surface area contributed by atoms with Crippen LogP contribution in [0.4, 0.5) is 0 Å². The topological polar surface area (TPSA) is 159 Å². The predicted molar refractivity (Wildman–Crippen MR) is 242 cm³/mol. The number of pyridine rings is 1. The molecule has 12 rings (SSSR count). The van der Waals surface area contributed by atoms with Gasteiger partial charge in [0.05, 0.1) is 74.5 Å². The fourth-order valence-corrected chi connectivity index (χ4v) is 12.5. The smallest absolute Gasteiger partial charge is 0.324 e. The van der Waals surface area contributed by atoms with Crippen molar-refractivity contribution >= 4 is 40.0 Å². The number of nitrogens with zero attached hydrogens (tertiary/aromatic N) is 5. The Kier molecular flexibility index (Phi) is 9.76. The van der Waals surface area contributed by atoms with Crippen molar-refractivity contribution in [2.45, 2.75) is 122 Å². The van der Waals surface area contributed by atoms with Gasteiger partial charge in [-0.3, -0.25) is 29.3 Å². The van der Waals surface area contributed by atoms with E-state index in [4.69, 9.17) is 37.8 Å². The number of carbonyl (C=O) groups is 3. The van der Waals surface area contributed by atoms with Gasteiger partial charge >= 0.3 is 5.97 Å². The molecule has 0 unspecified atom stereocenters. The van der Waals surface area contributed by atoms with Gasteiger partial charge < -0.3 is 33.6 Å². The molecule has 65 heavy (non-hydrogen) atoms. The van der Waals surface area contributed by atoms with E-state index in [9.17, 15) is 9.59 Å². The number of ether oxygens (including phenoxy) is 5. The third-order valence-electron chi connectivity index (χ3n) is 14.9. The molecule has 1 saturated carbocycles. The number of cyclic esters (lactones) is 1. The lowest BCUT2D eigenvalue weighted by atomic mass is 9.61. The van der Waals surface area contributed by atoms with Crippen LogP contribution in [0.15, 0.2) is 41.9 Å². The summed E-state index contributed by atoms with van der Waals surface area (Å²) < 4.78 is 57.7. The van der Waals surface area contributed by atoms with Crippen LogP contribution in [-0.4, -0.2) is 125 Å². The first kappa shape index (κ1) is 39.8. The van der Waals surface area contributed by atoms with Crippen LogP contribution in [0.25, 0.3) is 33.4 Å². The highest BCUT2D eigenvalue weighted by molar-refractivity contribution is 7.10. The number of hydrazine groups is 1. The number of fused-ring (bicyclic) bond motifs is 12. The summed E-state index contributed by atoms with van der Waals surface area (Å²) in [6, 6.07) is 7.77. The molecule has 1 aromatic carbocycles. The van der Waals surface area contributed by atoms with E-state index < -0.39 is 65.3 Å². The summed E-state index contributed by atoms with van der Waals surface area (Å²) in [5.74, 6) is -1.42. The van der Waals surface area contributed by atoms with Gasteiger partial charge in [-0.2, -0.15) is 0 Å². The molecule has 2 amide bonds. The summed E-state index contributed by atoms with van der Waals surface area (Å²) in [5, 5.41) is 8.27. The van der Waals surface area contributed by atoms with E-state index in [2.05, 4.69) is 58.3 Å². The molecular weight excluding hydrogens is 847 g/mol. The molecule has 6 atom stereocenters. The minimum absolute atomic E-state index is 0.0578. The first-order valence-electron chi connectivity index (χ1n) is 24.7. The van der Waals surface area contributed by atoms with Crippen LogP contribution < -0.4 is 10.7 Å². The number of nitrogens with one attached hydrogen (secondary N) is 2. The van der Waals surface area contributed by atoms with Gasteiger partial charge in [0.25, 0.3) is 11.8 Å². The highest BCUT2D eigenvalue weighted by Gasteiger charge is 2.68. The summed E-state index contributed by atoms with van der Waals surface area (Å²) in [4.78, 5) is 56.6. The van der Waals surface area contributed by atoms with E-state index in [1.54, 1.807) is 6.20 Å². The van der Waals surface area contributed by atoms with Gasteiger partial charge in [0.2, 0.25) is 0 Å². The number of aromatic nitrogens is 3. The zero-order chi connectivity index (χ0) is 47.5. The summed E-state index contributed by atoms with van der Waals surface area (Å²) in [7, 11) is 0. The molecule has 3 aromatic heterocycles. The van der Waals surface area contributed by atoms with E-state index in [0.29, 0.717) is 76.9 Å². The zero-order valence-electron chi connectivity index (χ0n) is 40.8. The molecule has 346 valence electrons. The minimum Gasteiger partial charge on any atom is -0.464 e. The van der Waals surface area contributed by atoms with E-state index in [1.165, 1.54) is 16.3 Å². The van der Waals surface area contributed by atoms with Crippen LogP contribution in [0.2, 0.25) is 0 Å². The standard InChI is InChI=1S/C49H61N7O8S/c1-28-19-62-29(2)38-32(9-7-13-50-38)40-34-18-46(4,5)25-63-44(58)35-10-8-14-56(53-35)43(57)39(52-45(59)49-21-47(6,22-49)30(3)64-49)41(54-23-48(24-54)26-60-27-48)42-51-36(20-65-42)31-11-12-37(33(34)17-31)55(40)15-16-61-28/h7,9,11-13,17,20,28-30,35,39,41,53H,8,10,14-16,18-19,21-27H2,1-6H3,(H,52,59)/t28-,29-,30-,35-,39-,41-,47?,49?/m0/s1/i3D3. The molecule has 5 saturated heterocycles. The average Bonchev–Trinajstić information content (AvgIpc) is 4.03. The van der Waals surface area contributed by atoms with Crippen molar-refractivity contribution in [3.63, 3.8) is 0 Å². The molecule has 1 aliphatic carbocycles. The van der Waals surface area contributed by atoms with Crippen LogP contribution in [0.3, 0.4) is 0 Å². The van der Waals surface area contributed by atoms with Gasteiger partial charge in [0.15, 0.2) is 0 Å². The van der Waals surface area contributed by atoms with Crippen molar-refractivity contribution in [3.8, 4) is 22.5 Å². The Balaban J connectivity index is 1.05. The van der Waals surface area contributed by atoms with E-state index in [-0.39, 0.29) is 37.1 Å². The highest BCUT2D eigenvalue weighted by atomic mass is 32.1. The van der Waals surface area contributed by atoms with Gasteiger partial charge in [-0.05, 0) is 82.6 Å². The molecule has 15 nitrogen and oxygen atoms in total. The lowest BCUT2D eigenvalue weighted by Gasteiger charge is -2.58. The monoisotopic (exact) mass is 910 g/mol. The Morgan fingerprint density at radius 3 is 2.66 bits per heavy atom. The maximum absolute atomic E-state index is 15.3. The number of amides is 2. The van der Waals surface area contributed by atoms with E-state index in [0.717, 1.165) is 44.7 Å². The second kappa shape index (κ2) is 15.9. The van der Waals surface area contributed by atoms with Crippen LogP contribution >= 0.6 is 11.3 Å². The molecule has 16 heteroatoms. The summed E-state index contributed by atoms with van der Waals surface area (Å²) in [6.45, 7) is 12.0. The van der Waals surface area contributed by atoms with Crippen molar-refractivity contribution in [3.05, 3.63) is 58.2 Å². The van der Waals surface area contributed by atoms with Crippen LogP contribution in [0, 0.1) is 16.2 Å². The number of hydrogen-bond donors (Lipinski definition) is 2. The zero-order valence-corrected chi connectivity index (χ0v) is 38.6. The first-order valence-corrected chi connectivity index (χ1v) is 24.1. The molecule has 4 aromatic rings. The molecular formula is C49H61N7O8S. The average molecular weight is 911 g/mol. The third kappa shape index (κ3) is 7.42. The summed E-state index contributed by atoms with van der Waals surface area (Å²) >= 11 is 1.44. The number of likely N-dealkylation sites (tertiary alicyclic amines) is 1. The van der Waals surface area contributed by atoms with Gasteiger partial charge in [-0.25, -0.2) is 10.4 Å². The number of thiazole rings is 1. The maximum Gasteiger partial charge on any atom is 0.324 e. The lowest BCUT2D eigenvalue weighted by Crippen LogP contribution is -2.70. The van der Waals surface area contributed by atoms with Gasteiger partial charge in [-0.15, -0.1) is 11.3 Å². The largest absolute Gasteiger partial charge is 0.464 e. The third-order valence-corrected chi connectivity index (χ3v) is 15.9. The first-order chi connectivity index (χ1) is 32.3. The Labute approximate surface area is 388 Å².